The summed E-state index contributed by atoms with van der Waals surface area (Å²) in [6.45, 7) is 4.90. The minimum Gasteiger partial charge on any atom is -0.454 e. The van der Waals surface area contributed by atoms with Crippen LogP contribution in [0, 0.1) is 0 Å². The fraction of sp³-hybridized carbons (Fsp3) is 0.304. The van der Waals surface area contributed by atoms with Crippen molar-refractivity contribution < 1.29 is 18.7 Å². The molecule has 1 aliphatic rings. The molecule has 1 aliphatic heterocycles. The number of hydrogen-bond acceptors (Lipinski definition) is 5. The first-order valence-electron chi connectivity index (χ1n) is 9.79. The van der Waals surface area contributed by atoms with E-state index in [1.165, 1.54) is 0 Å². The molecule has 0 aliphatic carbocycles. The Balaban J connectivity index is 1.30. The van der Waals surface area contributed by atoms with Crippen molar-refractivity contribution in [2.24, 2.45) is 0 Å². The predicted octanol–water partition coefficient (Wildman–Crippen LogP) is 4.75. The molecule has 1 N–H and O–H groups in total. The number of fused-ring (bicyclic) bond motifs is 1. The normalized spacial score (nSPS) is 12.8. The van der Waals surface area contributed by atoms with Crippen molar-refractivity contribution in [1.82, 2.24) is 10.3 Å². The van der Waals surface area contributed by atoms with Crippen molar-refractivity contribution in [2.75, 3.05) is 13.3 Å². The highest BCUT2D eigenvalue weighted by atomic mass is 35.5. The van der Waals surface area contributed by atoms with Gasteiger partial charge in [0, 0.05) is 30.4 Å². The maximum atomic E-state index is 12.4. The molecule has 6 nitrogen and oxygen atoms in total. The van der Waals surface area contributed by atoms with Gasteiger partial charge in [0.15, 0.2) is 23.1 Å². The zero-order valence-corrected chi connectivity index (χ0v) is 17.7. The van der Waals surface area contributed by atoms with Gasteiger partial charge in [0.2, 0.25) is 12.7 Å². The summed E-state index contributed by atoms with van der Waals surface area (Å²) in [4.78, 5) is 16.6. The van der Waals surface area contributed by atoms with Crippen LogP contribution < -0.4 is 14.8 Å². The second kappa shape index (κ2) is 8.40. The first-order chi connectivity index (χ1) is 14.4. The lowest BCUT2D eigenvalue weighted by Crippen LogP contribution is -2.36. The van der Waals surface area contributed by atoms with Gasteiger partial charge in [0.05, 0.1) is 11.2 Å². The van der Waals surface area contributed by atoms with Gasteiger partial charge in [-0.25, -0.2) is 4.98 Å². The molecule has 0 saturated carbocycles. The average Bonchev–Trinajstić information content (AvgIpc) is 3.40. The summed E-state index contributed by atoms with van der Waals surface area (Å²) in [5, 5.41) is 3.61. The maximum absolute atomic E-state index is 12.4. The molecule has 0 saturated heterocycles. The third-order valence-electron chi connectivity index (χ3n) is 5.14. The number of amides is 1. The summed E-state index contributed by atoms with van der Waals surface area (Å²) in [5.41, 5.74) is 1.61. The van der Waals surface area contributed by atoms with Crippen molar-refractivity contribution in [2.45, 2.75) is 32.1 Å². The Morgan fingerprint density at radius 3 is 2.80 bits per heavy atom. The number of nitrogens with zero attached hydrogens (tertiary/aromatic N) is 1. The molecule has 1 amide bonds. The highest BCUT2D eigenvalue weighted by Crippen LogP contribution is 2.36. The quantitative estimate of drug-likeness (QED) is 0.590. The van der Waals surface area contributed by atoms with E-state index in [0.29, 0.717) is 36.1 Å². The maximum Gasteiger partial charge on any atom is 0.231 e. The fourth-order valence-corrected chi connectivity index (χ4v) is 3.49. The Hall–Kier alpha value is -2.99. The largest absolute Gasteiger partial charge is 0.454 e. The summed E-state index contributed by atoms with van der Waals surface area (Å²) in [7, 11) is 0. The molecule has 0 spiro atoms. The number of benzene rings is 2. The van der Waals surface area contributed by atoms with Crippen LogP contribution >= 0.6 is 11.6 Å². The van der Waals surface area contributed by atoms with Crippen LogP contribution in [0.1, 0.15) is 31.7 Å². The topological polar surface area (TPSA) is 73.6 Å². The summed E-state index contributed by atoms with van der Waals surface area (Å²) in [5.74, 6) is 2.54. The number of halogens is 1. The van der Waals surface area contributed by atoms with E-state index in [1.807, 2.05) is 36.4 Å². The van der Waals surface area contributed by atoms with E-state index in [4.69, 9.17) is 25.5 Å². The SMILES string of the molecule is CC(C)(CNC(=O)CCc1ncc(-c2ccccc2Cl)o1)c1ccc2c(c1)OCO2. The number of carbonyl (C=O) groups excluding carboxylic acids is 1. The Morgan fingerprint density at radius 2 is 1.97 bits per heavy atom. The van der Waals surface area contributed by atoms with Gasteiger partial charge in [-0.15, -0.1) is 0 Å². The number of carbonyl (C=O) groups is 1. The highest BCUT2D eigenvalue weighted by molar-refractivity contribution is 6.33. The van der Waals surface area contributed by atoms with Gasteiger partial charge in [-0.3, -0.25) is 4.79 Å². The number of aromatic nitrogens is 1. The van der Waals surface area contributed by atoms with E-state index in [2.05, 4.69) is 24.1 Å². The highest BCUT2D eigenvalue weighted by Gasteiger charge is 2.24. The second-order valence-electron chi connectivity index (χ2n) is 7.83. The summed E-state index contributed by atoms with van der Waals surface area (Å²) in [6, 6.07) is 13.3. The first-order valence-corrected chi connectivity index (χ1v) is 10.2. The van der Waals surface area contributed by atoms with Gasteiger partial charge in [-0.1, -0.05) is 43.6 Å². The van der Waals surface area contributed by atoms with Crippen LogP contribution in [0.5, 0.6) is 11.5 Å². The number of oxazole rings is 1. The monoisotopic (exact) mass is 426 g/mol. The molecule has 0 bridgehead atoms. The lowest BCUT2D eigenvalue weighted by Gasteiger charge is -2.26. The number of ether oxygens (including phenoxy) is 2. The van der Waals surface area contributed by atoms with Crippen molar-refractivity contribution >= 4 is 17.5 Å². The number of hydrogen-bond donors (Lipinski definition) is 1. The van der Waals surface area contributed by atoms with E-state index < -0.39 is 0 Å². The molecule has 30 heavy (non-hydrogen) atoms. The van der Waals surface area contributed by atoms with Gasteiger partial charge in [0.1, 0.15) is 0 Å². The minimum absolute atomic E-state index is 0.0543. The molecule has 0 radical (unpaired) electrons. The molecule has 3 aromatic rings. The standard InChI is InChI=1S/C23H23ClN2O4/c1-23(2,15-7-8-18-19(11-15)29-14-28-18)13-26-21(27)9-10-22-25-12-20(30-22)16-5-3-4-6-17(16)24/h3-8,11-12H,9-10,13-14H2,1-2H3,(H,26,27). The van der Waals surface area contributed by atoms with Gasteiger partial charge >= 0.3 is 0 Å². The Morgan fingerprint density at radius 1 is 1.17 bits per heavy atom. The molecule has 2 aromatic carbocycles. The Kier molecular flexibility index (Phi) is 5.68. The van der Waals surface area contributed by atoms with Crippen LogP contribution in [-0.4, -0.2) is 24.2 Å². The lowest BCUT2D eigenvalue weighted by molar-refractivity contribution is -0.121. The van der Waals surface area contributed by atoms with Crippen LogP contribution in [0.2, 0.25) is 5.02 Å². The van der Waals surface area contributed by atoms with E-state index in [9.17, 15) is 4.79 Å². The molecule has 1 aromatic heterocycles. The molecule has 7 heteroatoms. The lowest BCUT2D eigenvalue weighted by atomic mass is 9.84. The van der Waals surface area contributed by atoms with Crippen molar-refractivity contribution in [3.05, 3.63) is 65.1 Å². The average molecular weight is 427 g/mol. The van der Waals surface area contributed by atoms with Crippen LogP contribution in [0.15, 0.2) is 53.1 Å². The zero-order valence-electron chi connectivity index (χ0n) is 16.9. The smallest absolute Gasteiger partial charge is 0.231 e. The van der Waals surface area contributed by atoms with Crippen molar-refractivity contribution in [3.63, 3.8) is 0 Å². The predicted molar refractivity (Wildman–Crippen MR) is 114 cm³/mol. The second-order valence-corrected chi connectivity index (χ2v) is 8.23. The van der Waals surface area contributed by atoms with Gasteiger partial charge in [-0.2, -0.15) is 0 Å². The molecule has 4 rings (SSSR count). The van der Waals surface area contributed by atoms with E-state index >= 15 is 0 Å². The van der Waals surface area contributed by atoms with E-state index in [1.54, 1.807) is 12.3 Å². The van der Waals surface area contributed by atoms with Crippen LogP contribution in [-0.2, 0) is 16.6 Å². The van der Waals surface area contributed by atoms with Crippen LogP contribution in [0.3, 0.4) is 0 Å². The molecule has 0 unspecified atom stereocenters. The van der Waals surface area contributed by atoms with Crippen LogP contribution in [0.4, 0.5) is 0 Å². The fourth-order valence-electron chi connectivity index (χ4n) is 3.26. The van der Waals surface area contributed by atoms with Crippen molar-refractivity contribution in [3.8, 4) is 22.8 Å². The Bertz CT molecular complexity index is 1060. The number of rotatable bonds is 7. The van der Waals surface area contributed by atoms with Gasteiger partial charge in [0.25, 0.3) is 0 Å². The third kappa shape index (κ3) is 4.44. The number of aryl methyl sites for hydroxylation is 1. The van der Waals surface area contributed by atoms with Gasteiger partial charge < -0.3 is 19.2 Å². The van der Waals surface area contributed by atoms with E-state index in [-0.39, 0.29) is 18.1 Å². The minimum atomic E-state index is -0.253. The molecule has 156 valence electrons. The van der Waals surface area contributed by atoms with Gasteiger partial charge in [-0.05, 0) is 29.8 Å². The molecular formula is C23H23ClN2O4. The van der Waals surface area contributed by atoms with Crippen molar-refractivity contribution in [1.29, 1.82) is 0 Å². The molecule has 0 atom stereocenters. The number of nitrogens with one attached hydrogen (secondary N) is 1. The Labute approximate surface area is 180 Å². The first kappa shape index (κ1) is 20.3. The zero-order chi connectivity index (χ0) is 21.1. The molecule has 2 heterocycles. The van der Waals surface area contributed by atoms with E-state index in [0.717, 1.165) is 22.6 Å². The third-order valence-corrected chi connectivity index (χ3v) is 5.47. The molecular weight excluding hydrogens is 404 g/mol. The molecule has 0 fully saturated rings. The summed E-state index contributed by atoms with van der Waals surface area (Å²) >= 11 is 6.19. The van der Waals surface area contributed by atoms with Crippen LogP contribution in [0.25, 0.3) is 11.3 Å². The summed E-state index contributed by atoms with van der Waals surface area (Å²) < 4.78 is 16.6. The summed E-state index contributed by atoms with van der Waals surface area (Å²) in [6.07, 6.45) is 2.34.